The van der Waals surface area contributed by atoms with Gasteiger partial charge >= 0.3 is 0 Å². The normalized spacial score (nSPS) is 33.1. The van der Waals surface area contributed by atoms with E-state index in [-0.39, 0.29) is 43.3 Å². The lowest BCUT2D eigenvalue weighted by Gasteiger charge is -2.41. The van der Waals surface area contributed by atoms with Crippen molar-refractivity contribution in [3.63, 3.8) is 0 Å². The lowest BCUT2D eigenvalue weighted by atomic mass is 9.75. The van der Waals surface area contributed by atoms with Gasteiger partial charge in [-0.25, -0.2) is 0 Å². The number of nitrogens with one attached hydrogen (secondary N) is 1. The Labute approximate surface area is 195 Å². The van der Waals surface area contributed by atoms with Gasteiger partial charge in [0.05, 0.1) is 31.3 Å². The smallest absolute Gasteiger partial charge is 0.233 e. The molecule has 0 aromatic heterocycles. The topological polar surface area (TPSA) is 151 Å². The fraction of sp³-hybridized carbons (Fsp3) is 0.870. The Morgan fingerprint density at radius 3 is 2.48 bits per heavy atom. The minimum absolute atomic E-state index is 0.0485. The third-order valence-corrected chi connectivity index (χ3v) is 7.28. The molecule has 2 aliphatic heterocycles. The summed E-state index contributed by atoms with van der Waals surface area (Å²) < 4.78 is 11.5. The third-order valence-electron chi connectivity index (χ3n) is 7.28. The van der Waals surface area contributed by atoms with Gasteiger partial charge in [0.2, 0.25) is 17.7 Å². The van der Waals surface area contributed by atoms with Gasteiger partial charge in [-0.3, -0.25) is 19.3 Å². The van der Waals surface area contributed by atoms with Crippen molar-refractivity contribution in [1.29, 1.82) is 0 Å². The summed E-state index contributed by atoms with van der Waals surface area (Å²) in [5.74, 6) is -0.389. The van der Waals surface area contributed by atoms with Crippen LogP contribution in [0.3, 0.4) is 0 Å². The second-order valence-electron chi connectivity index (χ2n) is 10.7. The van der Waals surface area contributed by atoms with Crippen molar-refractivity contribution in [2.75, 3.05) is 13.2 Å². The molecular formula is C23H39N3O7. The summed E-state index contributed by atoms with van der Waals surface area (Å²) in [5, 5.41) is 23.3. The molecule has 3 amide bonds. The Bertz CT molecular complexity index is 752. The zero-order valence-corrected chi connectivity index (χ0v) is 20.1. The molecule has 2 heterocycles. The van der Waals surface area contributed by atoms with E-state index in [4.69, 9.17) is 15.2 Å². The number of imide groups is 1. The highest BCUT2D eigenvalue weighted by molar-refractivity contribution is 6.04. The molecule has 2 saturated heterocycles. The summed E-state index contributed by atoms with van der Waals surface area (Å²) in [6.45, 7) is 6.94. The number of ether oxygens (including phenoxy) is 2. The van der Waals surface area contributed by atoms with Gasteiger partial charge in [-0.15, -0.1) is 0 Å². The highest BCUT2D eigenvalue weighted by Crippen LogP contribution is 2.41. The van der Waals surface area contributed by atoms with Crippen LogP contribution in [0.5, 0.6) is 0 Å². The third kappa shape index (κ3) is 5.92. The number of aliphatic hydroxyl groups is 2. The monoisotopic (exact) mass is 469 g/mol. The summed E-state index contributed by atoms with van der Waals surface area (Å²) in [5.41, 5.74) is 4.41. The lowest BCUT2D eigenvalue weighted by molar-refractivity contribution is -0.176. The van der Waals surface area contributed by atoms with Gasteiger partial charge in [0.1, 0.15) is 17.9 Å². The SMILES string of the molecule is CC(=O)N[C@@H]1CO[C@H](CC(C)(N)OCCC(C)(C)N2C(=O)CC(C3CCC3)C2=O)[C@H](O)[C@@H]1O. The first-order valence-corrected chi connectivity index (χ1v) is 11.9. The van der Waals surface area contributed by atoms with Crippen LogP contribution in [0.2, 0.25) is 0 Å². The number of rotatable bonds is 9. The molecule has 2 unspecified atom stereocenters. The van der Waals surface area contributed by atoms with Gasteiger partial charge in [-0.05, 0) is 46.0 Å². The molecule has 0 radical (unpaired) electrons. The van der Waals surface area contributed by atoms with E-state index >= 15 is 0 Å². The van der Waals surface area contributed by atoms with Crippen LogP contribution < -0.4 is 11.1 Å². The zero-order valence-electron chi connectivity index (χ0n) is 20.1. The minimum Gasteiger partial charge on any atom is -0.388 e. The number of carbonyl (C=O) groups is 3. The van der Waals surface area contributed by atoms with Crippen LogP contribution in [0.25, 0.3) is 0 Å². The molecule has 188 valence electrons. The Hall–Kier alpha value is -1.59. The molecular weight excluding hydrogens is 430 g/mol. The van der Waals surface area contributed by atoms with Crippen LogP contribution in [0, 0.1) is 11.8 Å². The summed E-state index contributed by atoms with van der Waals surface area (Å²) in [6.07, 6.45) is 0.794. The first kappa shape index (κ1) is 26.0. The number of nitrogens with zero attached hydrogens (tertiary/aromatic N) is 1. The molecule has 0 bridgehead atoms. The maximum absolute atomic E-state index is 12.9. The summed E-state index contributed by atoms with van der Waals surface area (Å²) in [4.78, 5) is 38.2. The summed E-state index contributed by atoms with van der Waals surface area (Å²) in [7, 11) is 0. The van der Waals surface area contributed by atoms with Crippen molar-refractivity contribution in [2.24, 2.45) is 17.6 Å². The Balaban J connectivity index is 1.50. The molecule has 10 nitrogen and oxygen atoms in total. The average Bonchev–Trinajstić information content (AvgIpc) is 2.94. The van der Waals surface area contributed by atoms with Gasteiger partial charge in [0.25, 0.3) is 0 Å². The molecule has 0 spiro atoms. The van der Waals surface area contributed by atoms with E-state index < -0.39 is 35.6 Å². The van der Waals surface area contributed by atoms with E-state index in [9.17, 15) is 24.6 Å². The minimum atomic E-state index is -1.23. The number of hydrogen-bond donors (Lipinski definition) is 4. The number of likely N-dealkylation sites (tertiary alicyclic amines) is 1. The first-order valence-electron chi connectivity index (χ1n) is 11.9. The van der Waals surface area contributed by atoms with Gasteiger partial charge in [0.15, 0.2) is 0 Å². The van der Waals surface area contributed by atoms with Crippen molar-refractivity contribution in [3.05, 3.63) is 0 Å². The van der Waals surface area contributed by atoms with Crippen molar-refractivity contribution in [3.8, 4) is 0 Å². The van der Waals surface area contributed by atoms with E-state index in [0.717, 1.165) is 19.3 Å². The number of aliphatic hydroxyl groups excluding tert-OH is 2. The van der Waals surface area contributed by atoms with E-state index in [0.29, 0.717) is 18.8 Å². The molecule has 5 N–H and O–H groups in total. The van der Waals surface area contributed by atoms with Gasteiger partial charge in [-0.1, -0.05) is 6.42 Å². The van der Waals surface area contributed by atoms with Crippen molar-refractivity contribution < 1.29 is 34.1 Å². The first-order chi connectivity index (χ1) is 15.3. The predicted molar refractivity (Wildman–Crippen MR) is 119 cm³/mol. The fourth-order valence-electron chi connectivity index (χ4n) is 5.06. The van der Waals surface area contributed by atoms with Crippen LogP contribution in [-0.4, -0.2) is 81.7 Å². The van der Waals surface area contributed by atoms with E-state index in [1.165, 1.54) is 11.8 Å². The van der Waals surface area contributed by atoms with E-state index in [1.54, 1.807) is 6.92 Å². The molecule has 0 aromatic rings. The largest absolute Gasteiger partial charge is 0.388 e. The number of carbonyl (C=O) groups excluding carboxylic acids is 3. The molecule has 3 aliphatic rings. The van der Waals surface area contributed by atoms with Crippen LogP contribution in [0.4, 0.5) is 0 Å². The van der Waals surface area contributed by atoms with E-state index in [2.05, 4.69) is 5.32 Å². The standard InChI is InChI=1S/C23H39N3O7/c1-13(27)25-16-12-32-17(20(30)19(16)29)11-23(4,24)33-9-8-22(2,3)26-18(28)10-15(21(26)31)14-6-5-7-14/h14-17,19-20,29-30H,5-12,24H2,1-4H3,(H,25,27)/t15?,16-,17-,19-,20+,23?/m1/s1. The highest BCUT2D eigenvalue weighted by Gasteiger charge is 2.49. The molecule has 33 heavy (non-hydrogen) atoms. The molecule has 10 heteroatoms. The number of amides is 3. The lowest BCUT2D eigenvalue weighted by Crippen LogP contribution is -2.60. The van der Waals surface area contributed by atoms with Gasteiger partial charge in [0, 0.05) is 25.3 Å². The molecule has 1 aliphatic carbocycles. The molecule has 3 fully saturated rings. The van der Waals surface area contributed by atoms with Crippen molar-refractivity contribution in [1.82, 2.24) is 10.2 Å². The van der Waals surface area contributed by atoms with Crippen LogP contribution in [0.15, 0.2) is 0 Å². The summed E-state index contributed by atoms with van der Waals surface area (Å²) >= 11 is 0. The number of hydrogen-bond acceptors (Lipinski definition) is 8. The molecule has 3 rings (SSSR count). The second-order valence-corrected chi connectivity index (χ2v) is 10.7. The van der Waals surface area contributed by atoms with Crippen molar-refractivity contribution >= 4 is 17.7 Å². The second kappa shape index (κ2) is 9.95. The molecule has 1 saturated carbocycles. The Kier molecular flexibility index (Phi) is 7.85. The molecule has 0 aromatic carbocycles. The van der Waals surface area contributed by atoms with Crippen LogP contribution >= 0.6 is 0 Å². The average molecular weight is 470 g/mol. The maximum atomic E-state index is 12.9. The van der Waals surface area contributed by atoms with Crippen molar-refractivity contribution in [2.45, 2.75) is 102 Å². The Morgan fingerprint density at radius 2 is 1.91 bits per heavy atom. The Morgan fingerprint density at radius 1 is 1.24 bits per heavy atom. The zero-order chi connectivity index (χ0) is 24.6. The van der Waals surface area contributed by atoms with Gasteiger partial charge in [-0.2, -0.15) is 0 Å². The quantitative estimate of drug-likeness (QED) is 0.273. The van der Waals surface area contributed by atoms with Crippen LogP contribution in [-0.2, 0) is 23.9 Å². The fourth-order valence-corrected chi connectivity index (χ4v) is 5.06. The van der Waals surface area contributed by atoms with Gasteiger partial charge < -0.3 is 30.7 Å². The van der Waals surface area contributed by atoms with E-state index in [1.807, 2.05) is 13.8 Å². The molecule has 6 atom stereocenters. The maximum Gasteiger partial charge on any atom is 0.233 e. The number of nitrogens with two attached hydrogens (primary N) is 1. The predicted octanol–water partition coefficient (Wildman–Crippen LogP) is 0.0372. The highest BCUT2D eigenvalue weighted by atomic mass is 16.5. The summed E-state index contributed by atoms with van der Waals surface area (Å²) in [6, 6.07) is -0.696. The van der Waals surface area contributed by atoms with Crippen LogP contribution in [0.1, 0.15) is 66.2 Å².